The Kier molecular flexibility index (Phi) is 5.66. The number of hydrogen-bond donors (Lipinski definition) is 2. The van der Waals surface area contributed by atoms with E-state index >= 15 is 0 Å². The summed E-state index contributed by atoms with van der Waals surface area (Å²) in [6.07, 6.45) is 0.678. The highest BCUT2D eigenvalue weighted by Crippen LogP contribution is 2.23. The number of nitro benzene ring substituents is 1. The average molecular weight is 294 g/mol. The van der Waals surface area contributed by atoms with Crippen molar-refractivity contribution in [3.63, 3.8) is 0 Å². The average Bonchev–Trinajstić information content (AvgIpc) is 2.43. The second-order valence-electron chi connectivity index (χ2n) is 5.45. The van der Waals surface area contributed by atoms with Crippen LogP contribution in [0.15, 0.2) is 18.2 Å². The fourth-order valence-electron chi connectivity index (χ4n) is 1.83. The van der Waals surface area contributed by atoms with Gasteiger partial charge in [0.15, 0.2) is 0 Å². The van der Waals surface area contributed by atoms with Crippen molar-refractivity contribution < 1.29 is 9.72 Å². The lowest BCUT2D eigenvalue weighted by atomic mass is 10.0. The molecule has 1 rings (SSSR count). The van der Waals surface area contributed by atoms with Crippen molar-refractivity contribution in [2.75, 3.05) is 19.3 Å². The number of carbonyl (C=O) groups is 1. The van der Waals surface area contributed by atoms with E-state index in [1.807, 2.05) is 13.8 Å². The number of nitrogens with two attached hydrogens (primary N) is 2. The molecule has 7 heteroatoms. The molecule has 1 aromatic rings. The Labute approximate surface area is 124 Å². The lowest BCUT2D eigenvalue weighted by Gasteiger charge is -2.21. The van der Waals surface area contributed by atoms with E-state index < -0.39 is 4.92 Å². The minimum Gasteiger partial charge on any atom is -0.393 e. The summed E-state index contributed by atoms with van der Waals surface area (Å²) in [5.74, 6) is 0.0557. The molecule has 0 bridgehead atoms. The van der Waals surface area contributed by atoms with Crippen molar-refractivity contribution in [1.29, 1.82) is 0 Å². The summed E-state index contributed by atoms with van der Waals surface area (Å²) in [5, 5.41) is 10.8. The molecule has 21 heavy (non-hydrogen) atoms. The third-order valence-corrected chi connectivity index (χ3v) is 3.47. The predicted molar refractivity (Wildman–Crippen MR) is 81.9 cm³/mol. The zero-order valence-electron chi connectivity index (χ0n) is 12.6. The molecule has 0 saturated heterocycles. The van der Waals surface area contributed by atoms with E-state index in [2.05, 4.69) is 0 Å². The fraction of sp³-hybridized carbons (Fsp3) is 0.500. The molecule has 0 spiro atoms. The van der Waals surface area contributed by atoms with Gasteiger partial charge in [0.2, 0.25) is 0 Å². The Hall–Kier alpha value is -2.15. The summed E-state index contributed by atoms with van der Waals surface area (Å²) in [6.45, 7) is 4.54. The van der Waals surface area contributed by atoms with Crippen LogP contribution in [0.3, 0.4) is 0 Å². The summed E-state index contributed by atoms with van der Waals surface area (Å²) in [6, 6.07) is 4.08. The van der Waals surface area contributed by atoms with Crippen LogP contribution in [0.5, 0.6) is 0 Å². The van der Waals surface area contributed by atoms with Crippen LogP contribution >= 0.6 is 0 Å². The van der Waals surface area contributed by atoms with Gasteiger partial charge in [-0.05, 0) is 24.5 Å². The Morgan fingerprint density at radius 2 is 2.05 bits per heavy atom. The van der Waals surface area contributed by atoms with Crippen LogP contribution in [0.2, 0.25) is 0 Å². The van der Waals surface area contributed by atoms with Gasteiger partial charge in [0.05, 0.1) is 4.92 Å². The van der Waals surface area contributed by atoms with Crippen LogP contribution in [-0.2, 0) is 0 Å². The van der Waals surface area contributed by atoms with Crippen molar-refractivity contribution in [2.24, 2.45) is 11.7 Å². The molecule has 1 unspecified atom stereocenters. The van der Waals surface area contributed by atoms with Crippen molar-refractivity contribution in [3.8, 4) is 0 Å². The number of nitrogen functional groups attached to an aromatic ring is 1. The van der Waals surface area contributed by atoms with Crippen molar-refractivity contribution in [2.45, 2.75) is 26.3 Å². The number of anilines is 1. The van der Waals surface area contributed by atoms with Crippen LogP contribution in [0.4, 0.5) is 11.4 Å². The smallest absolute Gasteiger partial charge is 0.292 e. The van der Waals surface area contributed by atoms with E-state index in [0.717, 1.165) is 0 Å². The standard InChI is InChI=1S/C14H22N4O3/c1-9(2)11(15)6-7-17(3)14(19)10-4-5-12(16)13(8-10)18(20)21/h4-5,8-9,11H,6-7,15-16H2,1-3H3. The van der Waals surface area contributed by atoms with Gasteiger partial charge in [0.1, 0.15) is 5.69 Å². The number of rotatable bonds is 6. The Morgan fingerprint density at radius 1 is 1.43 bits per heavy atom. The molecule has 0 aliphatic heterocycles. The maximum absolute atomic E-state index is 12.2. The first-order chi connectivity index (χ1) is 9.73. The van der Waals surface area contributed by atoms with Gasteiger partial charge in [0.25, 0.3) is 11.6 Å². The maximum Gasteiger partial charge on any atom is 0.292 e. The minimum atomic E-state index is -0.596. The van der Waals surface area contributed by atoms with E-state index in [1.165, 1.54) is 23.1 Å². The normalized spacial score (nSPS) is 12.2. The monoisotopic (exact) mass is 294 g/mol. The lowest BCUT2D eigenvalue weighted by molar-refractivity contribution is -0.383. The Balaban J connectivity index is 2.79. The second kappa shape index (κ2) is 7.03. The number of benzene rings is 1. The van der Waals surface area contributed by atoms with Gasteiger partial charge in [0, 0.05) is 31.3 Å². The van der Waals surface area contributed by atoms with Crippen molar-refractivity contribution in [3.05, 3.63) is 33.9 Å². The maximum atomic E-state index is 12.2. The number of amides is 1. The van der Waals surface area contributed by atoms with E-state index in [9.17, 15) is 14.9 Å². The minimum absolute atomic E-state index is 0.0148. The third kappa shape index (κ3) is 4.42. The number of nitro groups is 1. The van der Waals surface area contributed by atoms with Crippen LogP contribution in [0, 0.1) is 16.0 Å². The van der Waals surface area contributed by atoms with Gasteiger partial charge in [-0.25, -0.2) is 0 Å². The molecular formula is C14H22N4O3. The molecule has 0 fully saturated rings. The van der Waals surface area contributed by atoms with Gasteiger partial charge >= 0.3 is 0 Å². The quantitative estimate of drug-likeness (QED) is 0.470. The molecule has 116 valence electrons. The molecule has 4 N–H and O–H groups in total. The zero-order chi connectivity index (χ0) is 16.2. The van der Waals surface area contributed by atoms with Crippen LogP contribution in [0.25, 0.3) is 0 Å². The molecule has 0 aliphatic rings. The molecule has 0 radical (unpaired) electrons. The van der Waals surface area contributed by atoms with E-state index in [0.29, 0.717) is 18.9 Å². The predicted octanol–water partition coefficient (Wildman–Crippen LogP) is 1.62. The molecule has 1 aromatic carbocycles. The van der Waals surface area contributed by atoms with Crippen LogP contribution < -0.4 is 11.5 Å². The van der Waals surface area contributed by atoms with Gasteiger partial charge in [-0.3, -0.25) is 14.9 Å². The van der Waals surface area contributed by atoms with Crippen LogP contribution in [-0.4, -0.2) is 35.4 Å². The number of nitrogens with zero attached hydrogens (tertiary/aromatic N) is 2. The number of hydrogen-bond acceptors (Lipinski definition) is 5. The van der Waals surface area contributed by atoms with Crippen molar-refractivity contribution >= 4 is 17.3 Å². The topological polar surface area (TPSA) is 115 Å². The molecule has 0 saturated carbocycles. The first-order valence-corrected chi connectivity index (χ1v) is 6.79. The molecule has 7 nitrogen and oxygen atoms in total. The third-order valence-electron chi connectivity index (χ3n) is 3.47. The highest BCUT2D eigenvalue weighted by Gasteiger charge is 2.19. The first-order valence-electron chi connectivity index (χ1n) is 6.79. The summed E-state index contributed by atoms with van der Waals surface area (Å²) < 4.78 is 0. The Morgan fingerprint density at radius 3 is 2.57 bits per heavy atom. The van der Waals surface area contributed by atoms with Gasteiger partial charge in [-0.1, -0.05) is 13.8 Å². The summed E-state index contributed by atoms with van der Waals surface area (Å²) in [7, 11) is 1.65. The van der Waals surface area contributed by atoms with Crippen LogP contribution in [0.1, 0.15) is 30.6 Å². The molecular weight excluding hydrogens is 272 g/mol. The molecule has 1 atom stereocenters. The molecule has 0 aliphatic carbocycles. The SMILES string of the molecule is CC(C)C(N)CCN(C)C(=O)c1ccc(N)c([N+](=O)[O-])c1. The highest BCUT2D eigenvalue weighted by atomic mass is 16.6. The van der Waals surface area contributed by atoms with Gasteiger partial charge < -0.3 is 16.4 Å². The van der Waals surface area contributed by atoms with E-state index in [1.54, 1.807) is 7.05 Å². The van der Waals surface area contributed by atoms with Gasteiger partial charge in [-0.15, -0.1) is 0 Å². The molecule has 0 aromatic heterocycles. The van der Waals surface area contributed by atoms with E-state index in [4.69, 9.17) is 11.5 Å². The zero-order valence-corrected chi connectivity index (χ0v) is 12.6. The lowest BCUT2D eigenvalue weighted by Crippen LogP contribution is -2.34. The fourth-order valence-corrected chi connectivity index (χ4v) is 1.83. The summed E-state index contributed by atoms with van der Waals surface area (Å²) >= 11 is 0. The summed E-state index contributed by atoms with van der Waals surface area (Å²) in [5.41, 5.74) is 11.5. The Bertz CT molecular complexity index is 531. The summed E-state index contributed by atoms with van der Waals surface area (Å²) in [4.78, 5) is 24.0. The van der Waals surface area contributed by atoms with Gasteiger partial charge in [-0.2, -0.15) is 0 Å². The number of carbonyl (C=O) groups excluding carboxylic acids is 1. The van der Waals surface area contributed by atoms with Crippen molar-refractivity contribution in [1.82, 2.24) is 4.90 Å². The second-order valence-corrected chi connectivity index (χ2v) is 5.45. The largest absolute Gasteiger partial charge is 0.393 e. The van der Waals surface area contributed by atoms with E-state index in [-0.39, 0.29) is 28.9 Å². The first kappa shape index (κ1) is 16.9. The molecule has 0 heterocycles. The highest BCUT2D eigenvalue weighted by molar-refractivity contribution is 5.95. The molecule has 1 amide bonds.